The van der Waals surface area contributed by atoms with Crippen molar-refractivity contribution in [2.75, 3.05) is 0 Å². The predicted octanol–water partition coefficient (Wildman–Crippen LogP) is 3.63. The number of hydrogen-bond donors (Lipinski definition) is 1. The Labute approximate surface area is 126 Å². The molecule has 20 heavy (non-hydrogen) atoms. The molecule has 0 atom stereocenters. The van der Waals surface area contributed by atoms with Crippen molar-refractivity contribution in [1.82, 2.24) is 15.1 Å². The Balaban J connectivity index is 1.73. The Morgan fingerprint density at radius 2 is 1.80 bits per heavy atom. The summed E-state index contributed by atoms with van der Waals surface area (Å²) in [6.45, 7) is 1.59. The first-order chi connectivity index (χ1) is 9.75. The molecule has 3 aromatic rings. The topological polar surface area (TPSA) is 29.9 Å². The highest BCUT2D eigenvalue weighted by atomic mass is 79.9. The van der Waals surface area contributed by atoms with Crippen LogP contribution in [0.2, 0.25) is 0 Å². The fraction of sp³-hybridized carbons (Fsp3) is 0.188. The molecule has 0 unspecified atom stereocenters. The van der Waals surface area contributed by atoms with E-state index in [0.29, 0.717) is 0 Å². The number of para-hydroxylation sites is 1. The SMILES string of the molecule is Cn1nc(CNCc2ccccc2Br)c2ccccc21. The number of aromatic nitrogens is 2. The molecular formula is C16H16BrN3. The maximum absolute atomic E-state index is 4.59. The molecule has 0 spiro atoms. The van der Waals surface area contributed by atoms with Crippen LogP contribution in [-0.2, 0) is 20.1 Å². The zero-order valence-electron chi connectivity index (χ0n) is 11.3. The van der Waals surface area contributed by atoms with Gasteiger partial charge in [-0.1, -0.05) is 52.3 Å². The molecule has 0 saturated carbocycles. The number of nitrogens with zero attached hydrogens (tertiary/aromatic N) is 2. The Kier molecular flexibility index (Phi) is 3.85. The molecule has 2 aromatic carbocycles. The molecule has 4 heteroatoms. The quantitative estimate of drug-likeness (QED) is 0.792. The number of hydrogen-bond acceptors (Lipinski definition) is 2. The highest BCUT2D eigenvalue weighted by Crippen LogP contribution is 2.18. The average Bonchev–Trinajstić information content (AvgIpc) is 2.78. The van der Waals surface area contributed by atoms with Gasteiger partial charge in [0.25, 0.3) is 0 Å². The molecule has 1 heterocycles. The predicted molar refractivity (Wildman–Crippen MR) is 85.4 cm³/mol. The minimum absolute atomic E-state index is 0.767. The number of rotatable bonds is 4. The second-order valence-corrected chi connectivity index (χ2v) is 5.64. The molecule has 102 valence electrons. The smallest absolute Gasteiger partial charge is 0.0841 e. The van der Waals surface area contributed by atoms with E-state index in [4.69, 9.17) is 0 Å². The highest BCUT2D eigenvalue weighted by Gasteiger charge is 2.07. The summed E-state index contributed by atoms with van der Waals surface area (Å²) in [5.74, 6) is 0. The van der Waals surface area contributed by atoms with Crippen molar-refractivity contribution in [3.8, 4) is 0 Å². The summed E-state index contributed by atoms with van der Waals surface area (Å²) in [6, 6.07) is 16.6. The standard InChI is InChI=1S/C16H16BrN3/c1-20-16-9-5-3-7-13(16)15(19-20)11-18-10-12-6-2-4-8-14(12)17/h2-9,18H,10-11H2,1H3. The van der Waals surface area contributed by atoms with E-state index in [1.807, 2.05) is 23.9 Å². The van der Waals surface area contributed by atoms with Crippen molar-refractivity contribution >= 4 is 26.8 Å². The van der Waals surface area contributed by atoms with Crippen molar-refractivity contribution in [3.05, 3.63) is 64.3 Å². The maximum atomic E-state index is 4.59. The fourth-order valence-corrected chi connectivity index (χ4v) is 2.80. The second kappa shape index (κ2) is 5.77. The summed E-state index contributed by atoms with van der Waals surface area (Å²) in [4.78, 5) is 0. The molecule has 1 N–H and O–H groups in total. The van der Waals surface area contributed by atoms with Crippen LogP contribution in [0.5, 0.6) is 0 Å². The van der Waals surface area contributed by atoms with E-state index in [9.17, 15) is 0 Å². The van der Waals surface area contributed by atoms with Crippen LogP contribution in [0.1, 0.15) is 11.3 Å². The minimum atomic E-state index is 0.767. The Bertz CT molecular complexity index is 733. The third-order valence-corrected chi connectivity index (χ3v) is 4.17. The summed E-state index contributed by atoms with van der Waals surface area (Å²) in [5.41, 5.74) is 3.52. The molecule has 0 amide bonds. The van der Waals surface area contributed by atoms with Gasteiger partial charge in [-0.3, -0.25) is 4.68 Å². The summed E-state index contributed by atoms with van der Waals surface area (Å²) < 4.78 is 3.07. The van der Waals surface area contributed by atoms with Gasteiger partial charge in [0.1, 0.15) is 0 Å². The first kappa shape index (κ1) is 13.3. The lowest BCUT2D eigenvalue weighted by atomic mass is 10.2. The molecule has 0 aliphatic rings. The van der Waals surface area contributed by atoms with Gasteiger partial charge in [-0.25, -0.2) is 0 Å². The lowest BCUT2D eigenvalue weighted by Gasteiger charge is -2.05. The van der Waals surface area contributed by atoms with E-state index in [2.05, 4.69) is 62.7 Å². The van der Waals surface area contributed by atoms with E-state index in [1.54, 1.807) is 0 Å². The summed E-state index contributed by atoms with van der Waals surface area (Å²) in [7, 11) is 1.99. The lowest BCUT2D eigenvalue weighted by molar-refractivity contribution is 0.660. The molecule has 0 fully saturated rings. The molecule has 0 radical (unpaired) electrons. The zero-order valence-corrected chi connectivity index (χ0v) is 12.9. The Morgan fingerprint density at radius 3 is 2.65 bits per heavy atom. The van der Waals surface area contributed by atoms with Crippen LogP contribution in [0.4, 0.5) is 0 Å². The number of halogens is 1. The summed E-state index contributed by atoms with van der Waals surface area (Å²) in [6.07, 6.45) is 0. The Hall–Kier alpha value is -1.65. The normalized spacial score (nSPS) is 11.1. The number of benzene rings is 2. The molecule has 0 saturated heterocycles. The van der Waals surface area contributed by atoms with Gasteiger partial charge < -0.3 is 5.32 Å². The number of fused-ring (bicyclic) bond motifs is 1. The fourth-order valence-electron chi connectivity index (χ4n) is 2.38. The van der Waals surface area contributed by atoms with Crippen molar-refractivity contribution in [2.24, 2.45) is 7.05 Å². The van der Waals surface area contributed by atoms with Gasteiger partial charge in [-0.2, -0.15) is 5.10 Å². The molecule has 3 nitrogen and oxygen atoms in total. The van der Waals surface area contributed by atoms with Crippen LogP contribution in [0.3, 0.4) is 0 Å². The molecule has 0 aliphatic carbocycles. The van der Waals surface area contributed by atoms with E-state index >= 15 is 0 Å². The van der Waals surface area contributed by atoms with E-state index in [1.165, 1.54) is 16.5 Å². The number of aryl methyl sites for hydroxylation is 1. The first-order valence-electron chi connectivity index (χ1n) is 6.60. The molecule has 3 rings (SSSR count). The van der Waals surface area contributed by atoms with Crippen molar-refractivity contribution in [3.63, 3.8) is 0 Å². The largest absolute Gasteiger partial charge is 0.307 e. The number of nitrogens with one attached hydrogen (secondary N) is 1. The second-order valence-electron chi connectivity index (χ2n) is 4.78. The van der Waals surface area contributed by atoms with E-state index in [0.717, 1.165) is 23.3 Å². The van der Waals surface area contributed by atoms with Crippen LogP contribution < -0.4 is 5.32 Å². The molecule has 0 aliphatic heterocycles. The minimum Gasteiger partial charge on any atom is -0.307 e. The summed E-state index contributed by atoms with van der Waals surface area (Å²) in [5, 5.41) is 9.26. The van der Waals surface area contributed by atoms with Crippen molar-refractivity contribution in [2.45, 2.75) is 13.1 Å². The van der Waals surface area contributed by atoms with Gasteiger partial charge in [0.05, 0.1) is 11.2 Å². The maximum Gasteiger partial charge on any atom is 0.0841 e. The van der Waals surface area contributed by atoms with Crippen LogP contribution in [0, 0.1) is 0 Å². The molecular weight excluding hydrogens is 314 g/mol. The highest BCUT2D eigenvalue weighted by molar-refractivity contribution is 9.10. The lowest BCUT2D eigenvalue weighted by Crippen LogP contribution is -2.13. The van der Waals surface area contributed by atoms with Crippen molar-refractivity contribution < 1.29 is 0 Å². The van der Waals surface area contributed by atoms with Crippen LogP contribution in [0.25, 0.3) is 10.9 Å². The average molecular weight is 330 g/mol. The molecule has 0 bridgehead atoms. The van der Waals surface area contributed by atoms with Gasteiger partial charge >= 0.3 is 0 Å². The van der Waals surface area contributed by atoms with Gasteiger partial charge in [-0.15, -0.1) is 0 Å². The van der Waals surface area contributed by atoms with Crippen LogP contribution in [-0.4, -0.2) is 9.78 Å². The Morgan fingerprint density at radius 1 is 1.05 bits per heavy atom. The third kappa shape index (κ3) is 2.62. The third-order valence-electron chi connectivity index (χ3n) is 3.40. The van der Waals surface area contributed by atoms with Gasteiger partial charge in [0, 0.05) is 30.0 Å². The van der Waals surface area contributed by atoms with E-state index in [-0.39, 0.29) is 0 Å². The van der Waals surface area contributed by atoms with Crippen LogP contribution in [0.15, 0.2) is 53.0 Å². The summed E-state index contributed by atoms with van der Waals surface area (Å²) >= 11 is 3.57. The van der Waals surface area contributed by atoms with Gasteiger partial charge in [-0.05, 0) is 17.7 Å². The van der Waals surface area contributed by atoms with Gasteiger partial charge in [0.15, 0.2) is 0 Å². The molecule has 1 aromatic heterocycles. The van der Waals surface area contributed by atoms with Crippen molar-refractivity contribution in [1.29, 1.82) is 0 Å². The monoisotopic (exact) mass is 329 g/mol. The van der Waals surface area contributed by atoms with E-state index < -0.39 is 0 Å². The van der Waals surface area contributed by atoms with Gasteiger partial charge in [0.2, 0.25) is 0 Å². The first-order valence-corrected chi connectivity index (χ1v) is 7.40. The van der Waals surface area contributed by atoms with Crippen LogP contribution >= 0.6 is 15.9 Å². The zero-order chi connectivity index (χ0) is 13.9.